The lowest BCUT2D eigenvalue weighted by molar-refractivity contribution is -0.274. The number of ether oxygens (including phenoxy) is 3. The second-order valence-electron chi connectivity index (χ2n) is 2.95. The Balaban J connectivity index is 2.48. The van der Waals surface area contributed by atoms with Crippen LogP contribution in [0.1, 0.15) is 5.56 Å². The molecule has 0 saturated carbocycles. The summed E-state index contributed by atoms with van der Waals surface area (Å²) in [5.74, 6) is -0.247. The van der Waals surface area contributed by atoms with Gasteiger partial charge in [-0.25, -0.2) is 0 Å². The van der Waals surface area contributed by atoms with Crippen LogP contribution in [0.3, 0.4) is 0 Å². The molecule has 1 aromatic rings. The highest BCUT2D eigenvalue weighted by Crippen LogP contribution is 2.22. The number of halogens is 3. The number of rotatable bonds is 5. The van der Waals surface area contributed by atoms with Crippen LogP contribution < -0.4 is 4.74 Å². The van der Waals surface area contributed by atoms with Gasteiger partial charge >= 0.3 is 6.36 Å². The van der Waals surface area contributed by atoms with Crippen molar-refractivity contribution in [3.8, 4) is 5.75 Å². The highest BCUT2D eigenvalue weighted by Gasteiger charge is 2.30. The van der Waals surface area contributed by atoms with E-state index in [1.165, 1.54) is 31.4 Å². The number of hydrogen-bond acceptors (Lipinski definition) is 3. The van der Waals surface area contributed by atoms with Crippen LogP contribution in [0.4, 0.5) is 13.2 Å². The summed E-state index contributed by atoms with van der Waals surface area (Å²) in [5, 5.41) is 0. The molecule has 0 aliphatic carbocycles. The molecule has 0 saturated heterocycles. The molecule has 0 aromatic heterocycles. The quantitative estimate of drug-likeness (QED) is 0.581. The van der Waals surface area contributed by atoms with Crippen molar-refractivity contribution in [2.45, 2.75) is 13.0 Å². The van der Waals surface area contributed by atoms with E-state index in [1.54, 1.807) is 0 Å². The molecule has 0 spiro atoms. The molecule has 6 heteroatoms. The molecule has 0 atom stereocenters. The highest BCUT2D eigenvalue weighted by atomic mass is 19.4. The van der Waals surface area contributed by atoms with Gasteiger partial charge in [0.25, 0.3) is 0 Å². The Morgan fingerprint density at radius 3 is 2.25 bits per heavy atom. The minimum absolute atomic E-state index is 0.140. The Kier molecular flexibility index (Phi) is 4.57. The average molecular weight is 236 g/mol. The van der Waals surface area contributed by atoms with Gasteiger partial charge in [-0.1, -0.05) is 12.1 Å². The molecular formula is C10H11F3O3. The van der Waals surface area contributed by atoms with Crippen molar-refractivity contribution >= 4 is 0 Å². The monoisotopic (exact) mass is 236 g/mol. The van der Waals surface area contributed by atoms with Crippen molar-refractivity contribution in [3.05, 3.63) is 29.8 Å². The van der Waals surface area contributed by atoms with E-state index in [2.05, 4.69) is 9.47 Å². The molecule has 0 radical (unpaired) electrons. The zero-order valence-electron chi connectivity index (χ0n) is 8.58. The first-order valence-electron chi connectivity index (χ1n) is 4.42. The van der Waals surface area contributed by atoms with Crippen molar-refractivity contribution in [1.29, 1.82) is 0 Å². The van der Waals surface area contributed by atoms with Gasteiger partial charge in [0.2, 0.25) is 0 Å². The summed E-state index contributed by atoms with van der Waals surface area (Å²) in [6, 6.07) is 5.46. The van der Waals surface area contributed by atoms with Crippen LogP contribution in [0.5, 0.6) is 5.75 Å². The highest BCUT2D eigenvalue weighted by molar-refractivity contribution is 5.26. The molecule has 0 heterocycles. The molecule has 16 heavy (non-hydrogen) atoms. The lowest BCUT2D eigenvalue weighted by atomic mass is 10.2. The van der Waals surface area contributed by atoms with Crippen molar-refractivity contribution in [3.63, 3.8) is 0 Å². The van der Waals surface area contributed by atoms with Crippen molar-refractivity contribution in [2.75, 3.05) is 13.9 Å². The second-order valence-corrected chi connectivity index (χ2v) is 2.95. The van der Waals surface area contributed by atoms with Crippen LogP contribution in [-0.2, 0) is 16.1 Å². The third-order valence-corrected chi connectivity index (χ3v) is 1.63. The van der Waals surface area contributed by atoms with E-state index in [0.29, 0.717) is 0 Å². The average Bonchev–Trinajstić information content (AvgIpc) is 2.19. The topological polar surface area (TPSA) is 27.7 Å². The van der Waals surface area contributed by atoms with E-state index < -0.39 is 6.36 Å². The van der Waals surface area contributed by atoms with Crippen molar-refractivity contribution in [2.24, 2.45) is 0 Å². The molecular weight excluding hydrogens is 225 g/mol. The number of alkyl halides is 3. The van der Waals surface area contributed by atoms with Gasteiger partial charge in [0, 0.05) is 7.11 Å². The van der Waals surface area contributed by atoms with Crippen LogP contribution in [0.2, 0.25) is 0 Å². The first-order valence-corrected chi connectivity index (χ1v) is 4.42. The van der Waals surface area contributed by atoms with Gasteiger partial charge in [0.15, 0.2) is 0 Å². The molecule has 90 valence electrons. The van der Waals surface area contributed by atoms with Gasteiger partial charge in [0.1, 0.15) is 12.5 Å². The summed E-state index contributed by atoms with van der Waals surface area (Å²) in [6.07, 6.45) is -4.66. The fourth-order valence-electron chi connectivity index (χ4n) is 1.03. The maximum atomic E-state index is 11.8. The van der Waals surface area contributed by atoms with E-state index in [-0.39, 0.29) is 19.1 Å². The van der Waals surface area contributed by atoms with Crippen LogP contribution in [0, 0.1) is 0 Å². The molecule has 0 N–H and O–H groups in total. The molecule has 3 nitrogen and oxygen atoms in total. The Hall–Kier alpha value is -1.27. The predicted octanol–water partition coefficient (Wildman–Crippen LogP) is 2.71. The summed E-state index contributed by atoms with van der Waals surface area (Å²) >= 11 is 0. The van der Waals surface area contributed by atoms with Crippen LogP contribution in [0.25, 0.3) is 0 Å². The third kappa shape index (κ3) is 4.99. The smallest absolute Gasteiger partial charge is 0.406 e. The Bertz CT molecular complexity index is 308. The lowest BCUT2D eigenvalue weighted by Crippen LogP contribution is -2.17. The lowest BCUT2D eigenvalue weighted by Gasteiger charge is -2.09. The van der Waals surface area contributed by atoms with Gasteiger partial charge < -0.3 is 14.2 Å². The van der Waals surface area contributed by atoms with Crippen molar-refractivity contribution < 1.29 is 27.4 Å². The summed E-state index contributed by atoms with van der Waals surface area (Å²) in [7, 11) is 1.49. The molecule has 1 rings (SSSR count). The molecule has 0 aliphatic heterocycles. The van der Waals surface area contributed by atoms with E-state index >= 15 is 0 Å². The fourth-order valence-corrected chi connectivity index (χ4v) is 1.03. The predicted molar refractivity (Wildman–Crippen MR) is 49.8 cm³/mol. The van der Waals surface area contributed by atoms with Crippen LogP contribution in [0.15, 0.2) is 24.3 Å². The first kappa shape index (κ1) is 12.8. The normalized spacial score (nSPS) is 11.5. The van der Waals surface area contributed by atoms with Gasteiger partial charge in [-0.05, 0) is 17.7 Å². The van der Waals surface area contributed by atoms with Crippen LogP contribution >= 0.6 is 0 Å². The third-order valence-electron chi connectivity index (χ3n) is 1.63. The van der Waals surface area contributed by atoms with Gasteiger partial charge in [-0.2, -0.15) is 0 Å². The Morgan fingerprint density at radius 2 is 1.75 bits per heavy atom. The second kappa shape index (κ2) is 5.72. The molecule has 0 bridgehead atoms. The molecule has 1 aromatic carbocycles. The summed E-state index contributed by atoms with van der Waals surface area (Å²) in [5.41, 5.74) is 0.742. The van der Waals surface area contributed by atoms with Gasteiger partial charge in [-0.3, -0.25) is 0 Å². The zero-order chi connectivity index (χ0) is 12.0. The molecule has 0 aliphatic rings. The van der Waals surface area contributed by atoms with Gasteiger partial charge in [-0.15, -0.1) is 13.2 Å². The Labute approximate surface area is 90.7 Å². The maximum Gasteiger partial charge on any atom is 0.573 e. The minimum Gasteiger partial charge on any atom is -0.406 e. The molecule has 0 amide bonds. The number of hydrogen-bond donors (Lipinski definition) is 0. The largest absolute Gasteiger partial charge is 0.573 e. The summed E-state index contributed by atoms with van der Waals surface area (Å²) in [4.78, 5) is 0. The Morgan fingerprint density at radius 1 is 1.12 bits per heavy atom. The first-order chi connectivity index (χ1) is 7.51. The number of methoxy groups -OCH3 is 1. The van der Waals surface area contributed by atoms with E-state index in [9.17, 15) is 13.2 Å². The van der Waals surface area contributed by atoms with E-state index in [1.807, 2.05) is 0 Å². The molecule has 0 unspecified atom stereocenters. The SMILES string of the molecule is COCOCc1ccc(OC(F)(F)F)cc1. The van der Waals surface area contributed by atoms with E-state index in [0.717, 1.165) is 5.56 Å². The summed E-state index contributed by atoms with van der Waals surface area (Å²) in [6.45, 7) is 0.418. The maximum absolute atomic E-state index is 11.8. The fraction of sp³-hybridized carbons (Fsp3) is 0.400. The van der Waals surface area contributed by atoms with E-state index in [4.69, 9.17) is 4.74 Å². The summed E-state index contributed by atoms with van der Waals surface area (Å²) < 4.78 is 48.9. The van der Waals surface area contributed by atoms with Crippen LogP contribution in [-0.4, -0.2) is 20.3 Å². The van der Waals surface area contributed by atoms with Crippen molar-refractivity contribution in [1.82, 2.24) is 0 Å². The number of benzene rings is 1. The molecule has 0 fully saturated rings. The zero-order valence-corrected chi connectivity index (χ0v) is 8.58. The minimum atomic E-state index is -4.66. The standard InChI is InChI=1S/C10H11F3O3/c1-14-7-15-6-8-2-4-9(5-3-8)16-10(11,12)13/h2-5H,6-7H2,1H3. The van der Waals surface area contributed by atoms with Gasteiger partial charge in [0.05, 0.1) is 6.61 Å².